The molecule has 2 atom stereocenters. The molecule has 0 unspecified atom stereocenters. The summed E-state index contributed by atoms with van der Waals surface area (Å²) in [6.45, 7) is 3.98. The number of benzene rings is 3. The summed E-state index contributed by atoms with van der Waals surface area (Å²) < 4.78 is 58.7. The maximum absolute atomic E-state index is 17.4. The minimum atomic E-state index is -4.56. The third kappa shape index (κ3) is 6.75. The van der Waals surface area contributed by atoms with Crippen LogP contribution in [0.25, 0.3) is 11.1 Å². The number of likely N-dealkylation sites (tertiary alicyclic amines) is 1. The van der Waals surface area contributed by atoms with Gasteiger partial charge in [-0.15, -0.1) is 0 Å². The zero-order valence-corrected chi connectivity index (χ0v) is 26.6. The van der Waals surface area contributed by atoms with Crippen molar-refractivity contribution in [2.45, 2.75) is 69.3 Å². The summed E-state index contributed by atoms with van der Waals surface area (Å²) in [5.74, 6) is -2.23. The molecule has 2 heterocycles. The fourth-order valence-electron chi connectivity index (χ4n) is 7.61. The van der Waals surface area contributed by atoms with Gasteiger partial charge in [0.05, 0.1) is 11.1 Å². The monoisotopic (exact) mass is 651 g/mol. The lowest BCUT2D eigenvalue weighted by molar-refractivity contribution is -0.144. The van der Waals surface area contributed by atoms with Crippen molar-refractivity contribution < 1.29 is 32.3 Å². The highest BCUT2D eigenvalue weighted by atomic mass is 19.4. The molecule has 3 aliphatic rings. The Morgan fingerprint density at radius 1 is 0.894 bits per heavy atom. The van der Waals surface area contributed by atoms with Crippen LogP contribution in [0.4, 0.5) is 23.2 Å². The van der Waals surface area contributed by atoms with E-state index in [2.05, 4.69) is 11.8 Å². The van der Waals surface area contributed by atoms with Crippen molar-refractivity contribution in [2.75, 3.05) is 44.2 Å². The molecular formula is C37H41F4N3O3. The van der Waals surface area contributed by atoms with Crippen LogP contribution in [0.5, 0.6) is 0 Å². The van der Waals surface area contributed by atoms with Gasteiger partial charge in [-0.1, -0.05) is 56.2 Å². The Hall–Kier alpha value is -3.92. The van der Waals surface area contributed by atoms with Crippen molar-refractivity contribution in [3.8, 4) is 11.1 Å². The zero-order chi connectivity index (χ0) is 33.3. The molecule has 2 saturated heterocycles. The van der Waals surface area contributed by atoms with Gasteiger partial charge in [-0.3, -0.25) is 9.69 Å². The summed E-state index contributed by atoms with van der Waals surface area (Å²) in [6.07, 6.45) is 1.08. The van der Waals surface area contributed by atoms with Gasteiger partial charge >= 0.3 is 12.1 Å². The second-order valence-electron chi connectivity index (χ2n) is 13.1. The number of hydrogen-bond acceptors (Lipinski definition) is 4. The standard InChI is InChI=1S/C37H41F4N3O3/c1-2-25-8-10-27(11-9-25)32-23-44(30-6-3-4-7-30)24-36(32,38)35(47)43-19-5-18-42(20-21-43)33-17-16-29(37(39,40)41)22-31(33)26-12-14-28(15-13-26)34(45)46/h8-17,22,30,32H,2-7,18-21,23-24H2,1H3,(H,45,46)/t32-,36-/m0/s1. The molecule has 3 fully saturated rings. The van der Waals surface area contributed by atoms with Gasteiger partial charge in [-0.05, 0) is 72.7 Å². The number of anilines is 1. The molecule has 0 aromatic heterocycles. The first-order valence-corrected chi connectivity index (χ1v) is 16.6. The lowest BCUT2D eigenvalue weighted by Crippen LogP contribution is -2.51. The largest absolute Gasteiger partial charge is 0.478 e. The minimum Gasteiger partial charge on any atom is -0.478 e. The molecule has 3 aromatic carbocycles. The summed E-state index contributed by atoms with van der Waals surface area (Å²) in [4.78, 5) is 31.4. The number of aryl methyl sites for hydroxylation is 1. The number of carboxylic acid groups (broad SMARTS) is 1. The average Bonchev–Trinajstić information content (AvgIpc) is 3.66. The number of aromatic carboxylic acids is 1. The second-order valence-corrected chi connectivity index (χ2v) is 13.1. The number of alkyl halides is 4. The molecule has 1 aliphatic carbocycles. The summed E-state index contributed by atoms with van der Waals surface area (Å²) in [5, 5.41) is 9.31. The van der Waals surface area contributed by atoms with E-state index < -0.39 is 35.2 Å². The number of nitrogens with zero attached hydrogens (tertiary/aromatic N) is 3. The smallest absolute Gasteiger partial charge is 0.416 e. The van der Waals surface area contributed by atoms with E-state index in [0.29, 0.717) is 49.4 Å². The van der Waals surface area contributed by atoms with Gasteiger partial charge in [0.25, 0.3) is 5.91 Å². The first-order valence-electron chi connectivity index (χ1n) is 16.6. The summed E-state index contributed by atoms with van der Waals surface area (Å²) >= 11 is 0. The Balaban J connectivity index is 1.26. The van der Waals surface area contributed by atoms with Crippen molar-refractivity contribution in [1.82, 2.24) is 9.80 Å². The molecule has 2 aliphatic heterocycles. The van der Waals surface area contributed by atoms with Crippen LogP contribution in [0.3, 0.4) is 0 Å². The van der Waals surface area contributed by atoms with Crippen LogP contribution < -0.4 is 4.90 Å². The van der Waals surface area contributed by atoms with Gasteiger partial charge in [0.2, 0.25) is 5.67 Å². The second kappa shape index (κ2) is 13.3. The van der Waals surface area contributed by atoms with Gasteiger partial charge < -0.3 is 14.9 Å². The van der Waals surface area contributed by atoms with Gasteiger partial charge in [-0.2, -0.15) is 13.2 Å². The molecule has 1 N–H and O–H groups in total. The van der Waals surface area contributed by atoms with Crippen LogP contribution in [0.1, 0.15) is 72.0 Å². The van der Waals surface area contributed by atoms with E-state index in [1.54, 1.807) is 4.90 Å². The number of rotatable bonds is 7. The molecule has 6 nitrogen and oxygen atoms in total. The Kier molecular flexibility index (Phi) is 9.34. The molecule has 10 heteroatoms. The van der Waals surface area contributed by atoms with Gasteiger partial charge in [0.15, 0.2) is 0 Å². The van der Waals surface area contributed by atoms with E-state index in [1.807, 2.05) is 29.2 Å². The summed E-state index contributed by atoms with van der Waals surface area (Å²) in [6, 6.07) is 17.5. The molecule has 250 valence electrons. The SMILES string of the molecule is CCc1ccc([C@@H]2CN(C3CCCC3)C[C@@]2(F)C(=O)N2CCCN(c3ccc(C(F)(F)F)cc3-c3ccc(C(=O)O)cc3)CC2)cc1. The number of carbonyl (C=O) groups is 2. The van der Waals surface area contributed by atoms with E-state index in [0.717, 1.165) is 55.4 Å². The maximum Gasteiger partial charge on any atom is 0.416 e. The van der Waals surface area contributed by atoms with Crippen LogP contribution in [-0.4, -0.2) is 77.8 Å². The van der Waals surface area contributed by atoms with Crippen molar-refractivity contribution in [3.63, 3.8) is 0 Å². The van der Waals surface area contributed by atoms with Crippen molar-refractivity contribution in [1.29, 1.82) is 0 Å². The minimum absolute atomic E-state index is 0.0318. The number of halogens is 4. The number of amides is 1. The number of carbonyl (C=O) groups excluding carboxylic acids is 1. The highest BCUT2D eigenvalue weighted by Crippen LogP contribution is 2.44. The zero-order valence-electron chi connectivity index (χ0n) is 26.6. The van der Waals surface area contributed by atoms with Crippen molar-refractivity contribution in [3.05, 3.63) is 89.0 Å². The first-order chi connectivity index (χ1) is 22.5. The van der Waals surface area contributed by atoms with Gasteiger partial charge in [0, 0.05) is 62.5 Å². The van der Waals surface area contributed by atoms with E-state index >= 15 is 4.39 Å². The van der Waals surface area contributed by atoms with Crippen LogP contribution in [0.2, 0.25) is 0 Å². The normalized spacial score (nSPS) is 22.9. The lowest BCUT2D eigenvalue weighted by Gasteiger charge is -2.32. The average molecular weight is 652 g/mol. The molecule has 6 rings (SSSR count). The molecule has 0 spiro atoms. The Morgan fingerprint density at radius 2 is 1.60 bits per heavy atom. The van der Waals surface area contributed by atoms with Crippen LogP contribution in [0, 0.1) is 0 Å². The summed E-state index contributed by atoms with van der Waals surface area (Å²) in [7, 11) is 0. The predicted molar refractivity (Wildman–Crippen MR) is 173 cm³/mol. The topological polar surface area (TPSA) is 64.1 Å². The highest BCUT2D eigenvalue weighted by Gasteiger charge is 2.56. The quantitative estimate of drug-likeness (QED) is 0.270. The molecule has 1 saturated carbocycles. The van der Waals surface area contributed by atoms with E-state index in [-0.39, 0.29) is 24.7 Å². The lowest BCUT2D eigenvalue weighted by atomic mass is 9.84. The van der Waals surface area contributed by atoms with E-state index in [4.69, 9.17) is 0 Å². The molecule has 1 amide bonds. The van der Waals surface area contributed by atoms with Crippen LogP contribution in [-0.2, 0) is 17.4 Å². The third-order valence-corrected chi connectivity index (χ3v) is 10.3. The number of hydrogen-bond donors (Lipinski definition) is 1. The molecule has 0 bridgehead atoms. The third-order valence-electron chi connectivity index (χ3n) is 10.3. The number of carboxylic acids is 1. The van der Waals surface area contributed by atoms with E-state index in [9.17, 15) is 27.9 Å². The molecule has 47 heavy (non-hydrogen) atoms. The van der Waals surface area contributed by atoms with Crippen LogP contribution in [0.15, 0.2) is 66.7 Å². The fourth-order valence-corrected chi connectivity index (χ4v) is 7.61. The van der Waals surface area contributed by atoms with Crippen LogP contribution >= 0.6 is 0 Å². The highest BCUT2D eigenvalue weighted by molar-refractivity contribution is 5.89. The van der Waals surface area contributed by atoms with Crippen molar-refractivity contribution in [2.24, 2.45) is 0 Å². The Bertz CT molecular complexity index is 1590. The molecule has 3 aromatic rings. The van der Waals surface area contributed by atoms with Crippen molar-refractivity contribution >= 4 is 17.6 Å². The molecule has 0 radical (unpaired) electrons. The Morgan fingerprint density at radius 3 is 2.23 bits per heavy atom. The summed E-state index contributed by atoms with van der Waals surface area (Å²) in [5.41, 5.74) is 0.439. The predicted octanol–water partition coefficient (Wildman–Crippen LogP) is 7.42. The van der Waals surface area contributed by atoms with E-state index in [1.165, 1.54) is 30.3 Å². The maximum atomic E-state index is 17.4. The van der Waals surface area contributed by atoms with Gasteiger partial charge in [-0.25, -0.2) is 9.18 Å². The first kappa shape index (κ1) is 33.0. The van der Waals surface area contributed by atoms with Gasteiger partial charge in [0.1, 0.15) is 0 Å². The Labute approximate surface area is 273 Å². The molecular weight excluding hydrogens is 610 g/mol. The fraction of sp³-hybridized carbons (Fsp3) is 0.459.